The smallest absolute Gasteiger partial charge is 0.421 e. The van der Waals surface area contributed by atoms with Gasteiger partial charge in [0.15, 0.2) is 5.82 Å². The largest absolute Gasteiger partial charge is 0.460 e. The first-order chi connectivity index (χ1) is 14.4. The van der Waals surface area contributed by atoms with Gasteiger partial charge in [0.25, 0.3) is 0 Å². The molecule has 30 heavy (non-hydrogen) atoms. The summed E-state index contributed by atoms with van der Waals surface area (Å²) in [5.41, 5.74) is 0.914. The van der Waals surface area contributed by atoms with Crippen molar-refractivity contribution in [3.05, 3.63) is 41.6 Å². The van der Waals surface area contributed by atoms with Crippen LogP contribution < -0.4 is 9.64 Å². The number of hydrogen-bond acceptors (Lipinski definition) is 4. The maximum Gasteiger partial charge on any atom is 0.421 e. The zero-order chi connectivity index (χ0) is 21.6. The van der Waals surface area contributed by atoms with Crippen LogP contribution in [0, 0.1) is 0 Å². The molecule has 0 radical (unpaired) electrons. The molecule has 1 saturated carbocycles. The van der Waals surface area contributed by atoms with Crippen molar-refractivity contribution < 1.29 is 17.9 Å². The third kappa shape index (κ3) is 5.86. The first kappa shape index (κ1) is 22.4. The molecule has 3 rings (SSSR count). The van der Waals surface area contributed by atoms with Gasteiger partial charge in [0, 0.05) is 18.9 Å². The third-order valence-electron chi connectivity index (χ3n) is 5.56. The molecule has 2 aromatic rings. The maximum atomic E-state index is 13.6. The molecule has 0 saturated heterocycles. The molecular weight excluding hydrogens is 391 g/mol. The molecule has 164 valence electrons. The number of halogens is 3. The van der Waals surface area contributed by atoms with E-state index < -0.39 is 11.7 Å². The molecule has 0 atom stereocenters. The average Bonchev–Trinajstić information content (AvgIpc) is 3.23. The van der Waals surface area contributed by atoms with Gasteiger partial charge in [0.2, 0.25) is 0 Å². The minimum atomic E-state index is -4.55. The number of alkyl halides is 3. The van der Waals surface area contributed by atoms with E-state index in [1.54, 1.807) is 13.1 Å². The van der Waals surface area contributed by atoms with E-state index in [1.165, 1.54) is 17.7 Å². The maximum absolute atomic E-state index is 13.6. The van der Waals surface area contributed by atoms with E-state index in [9.17, 15) is 13.2 Å². The molecule has 0 aliphatic heterocycles. The van der Waals surface area contributed by atoms with Gasteiger partial charge >= 0.3 is 12.2 Å². The van der Waals surface area contributed by atoms with Crippen molar-refractivity contribution in [2.75, 3.05) is 11.9 Å². The zero-order valence-electron chi connectivity index (χ0n) is 17.7. The minimum absolute atomic E-state index is 0.00692. The van der Waals surface area contributed by atoms with Crippen LogP contribution >= 0.6 is 0 Å². The molecule has 1 aliphatic carbocycles. The summed E-state index contributed by atoms with van der Waals surface area (Å²) in [6, 6.07) is 7.64. The summed E-state index contributed by atoms with van der Waals surface area (Å²) in [7, 11) is 1.60. The fourth-order valence-corrected chi connectivity index (χ4v) is 3.82. The molecule has 7 heteroatoms. The highest BCUT2D eigenvalue weighted by Gasteiger charge is 2.37. The standard InChI is InChI=1S/C23H30F3N3O/c1-3-4-5-6-10-17-11-9-12-18(15-17)29(2)21-20(23(24,25)26)16-27-22(28-21)30-19-13-7-8-14-19/h9,11-12,15-16,19H,3-8,10,13-14H2,1-2H3. The van der Waals surface area contributed by atoms with Crippen molar-refractivity contribution in [2.24, 2.45) is 0 Å². The van der Waals surface area contributed by atoms with Gasteiger partial charge in [-0.05, 0) is 56.2 Å². The van der Waals surface area contributed by atoms with Crippen molar-refractivity contribution >= 4 is 11.5 Å². The fourth-order valence-electron chi connectivity index (χ4n) is 3.82. The number of benzene rings is 1. The highest BCUT2D eigenvalue weighted by Crippen LogP contribution is 2.38. The van der Waals surface area contributed by atoms with Crippen LogP contribution in [0.1, 0.15) is 69.4 Å². The topological polar surface area (TPSA) is 38.2 Å². The van der Waals surface area contributed by atoms with Crippen LogP contribution in [0.15, 0.2) is 30.5 Å². The van der Waals surface area contributed by atoms with Crippen LogP contribution in [0.4, 0.5) is 24.7 Å². The summed E-state index contributed by atoms with van der Waals surface area (Å²) in [6.45, 7) is 2.17. The Morgan fingerprint density at radius 2 is 1.90 bits per heavy atom. The number of nitrogens with zero attached hydrogens (tertiary/aromatic N) is 3. The molecule has 1 aliphatic rings. The fraction of sp³-hybridized carbons (Fsp3) is 0.565. The minimum Gasteiger partial charge on any atom is -0.460 e. The summed E-state index contributed by atoms with van der Waals surface area (Å²) in [4.78, 5) is 9.48. The second-order valence-electron chi connectivity index (χ2n) is 7.95. The average molecular weight is 422 g/mol. The Hall–Kier alpha value is -2.31. The van der Waals surface area contributed by atoms with E-state index >= 15 is 0 Å². The predicted molar refractivity (Wildman–Crippen MR) is 112 cm³/mol. The molecule has 4 nitrogen and oxygen atoms in total. The molecule has 0 spiro atoms. The van der Waals surface area contributed by atoms with E-state index in [2.05, 4.69) is 16.9 Å². The van der Waals surface area contributed by atoms with Crippen molar-refractivity contribution in [1.29, 1.82) is 0 Å². The molecule has 1 fully saturated rings. The van der Waals surface area contributed by atoms with Gasteiger partial charge in [0.05, 0.1) is 0 Å². The van der Waals surface area contributed by atoms with E-state index in [1.807, 2.05) is 18.2 Å². The molecule has 1 aromatic heterocycles. The molecule has 0 bridgehead atoms. The lowest BCUT2D eigenvalue weighted by molar-refractivity contribution is -0.137. The van der Waals surface area contributed by atoms with Gasteiger partial charge in [-0.1, -0.05) is 38.3 Å². The van der Waals surface area contributed by atoms with E-state index in [0.29, 0.717) is 5.69 Å². The van der Waals surface area contributed by atoms with E-state index in [-0.39, 0.29) is 17.9 Å². The number of anilines is 2. The van der Waals surface area contributed by atoms with Crippen LogP contribution in [0.2, 0.25) is 0 Å². The number of aryl methyl sites for hydroxylation is 1. The molecule has 1 aromatic carbocycles. The molecule has 0 N–H and O–H groups in total. The van der Waals surface area contributed by atoms with E-state index in [0.717, 1.165) is 56.7 Å². The van der Waals surface area contributed by atoms with Crippen LogP contribution in [0.25, 0.3) is 0 Å². The second-order valence-corrected chi connectivity index (χ2v) is 7.95. The van der Waals surface area contributed by atoms with Gasteiger partial charge in [-0.3, -0.25) is 0 Å². The number of unbranched alkanes of at least 4 members (excludes halogenated alkanes) is 3. The normalized spacial score (nSPS) is 14.8. The lowest BCUT2D eigenvalue weighted by Gasteiger charge is -2.23. The van der Waals surface area contributed by atoms with Crippen molar-refractivity contribution in [3.8, 4) is 6.01 Å². The third-order valence-corrected chi connectivity index (χ3v) is 5.56. The Morgan fingerprint density at radius 3 is 2.60 bits per heavy atom. The Bertz CT molecular complexity index is 820. The SMILES string of the molecule is CCCCCCc1cccc(N(C)c2nc(OC3CCCC3)ncc2C(F)(F)F)c1. The monoisotopic (exact) mass is 421 g/mol. The van der Waals surface area contributed by atoms with Gasteiger partial charge in [-0.2, -0.15) is 18.2 Å². The molecule has 1 heterocycles. The van der Waals surface area contributed by atoms with Crippen LogP contribution in [-0.4, -0.2) is 23.1 Å². The van der Waals surface area contributed by atoms with Crippen LogP contribution in [-0.2, 0) is 12.6 Å². The quantitative estimate of drug-likeness (QED) is 0.422. The van der Waals surface area contributed by atoms with Crippen molar-refractivity contribution in [3.63, 3.8) is 0 Å². The summed E-state index contributed by atoms with van der Waals surface area (Å²) < 4.78 is 46.6. The lowest BCUT2D eigenvalue weighted by atomic mass is 10.1. The Balaban J connectivity index is 1.84. The molecule has 0 unspecified atom stereocenters. The van der Waals surface area contributed by atoms with Gasteiger partial charge < -0.3 is 9.64 Å². The number of ether oxygens (including phenoxy) is 1. The highest BCUT2D eigenvalue weighted by atomic mass is 19.4. The lowest BCUT2D eigenvalue weighted by Crippen LogP contribution is -2.21. The zero-order valence-corrected chi connectivity index (χ0v) is 17.7. The second kappa shape index (κ2) is 10.1. The van der Waals surface area contributed by atoms with Crippen LogP contribution in [0.3, 0.4) is 0 Å². The Morgan fingerprint density at radius 1 is 1.13 bits per heavy atom. The van der Waals surface area contributed by atoms with Gasteiger partial charge in [-0.15, -0.1) is 0 Å². The Labute approximate surface area is 176 Å². The number of rotatable bonds is 9. The Kier molecular flexibility index (Phi) is 7.56. The summed E-state index contributed by atoms with van der Waals surface area (Å²) in [6.07, 6.45) is 5.65. The highest BCUT2D eigenvalue weighted by molar-refractivity contribution is 5.63. The first-order valence-electron chi connectivity index (χ1n) is 10.8. The summed E-state index contributed by atoms with van der Waals surface area (Å²) in [5.74, 6) is -0.186. The van der Waals surface area contributed by atoms with Crippen LogP contribution in [0.5, 0.6) is 6.01 Å². The summed E-state index contributed by atoms with van der Waals surface area (Å²) >= 11 is 0. The number of hydrogen-bond donors (Lipinski definition) is 0. The molecular formula is C23H30F3N3O. The van der Waals surface area contributed by atoms with Crippen molar-refractivity contribution in [2.45, 2.75) is 77.0 Å². The van der Waals surface area contributed by atoms with E-state index in [4.69, 9.17) is 4.74 Å². The van der Waals surface area contributed by atoms with Gasteiger partial charge in [-0.25, -0.2) is 4.98 Å². The van der Waals surface area contributed by atoms with Gasteiger partial charge in [0.1, 0.15) is 11.7 Å². The number of aromatic nitrogens is 2. The summed E-state index contributed by atoms with van der Waals surface area (Å²) in [5, 5.41) is 0. The first-order valence-corrected chi connectivity index (χ1v) is 10.8. The van der Waals surface area contributed by atoms with Crippen molar-refractivity contribution in [1.82, 2.24) is 9.97 Å². The predicted octanol–water partition coefficient (Wildman–Crippen LogP) is 6.71. The molecule has 0 amide bonds.